The summed E-state index contributed by atoms with van der Waals surface area (Å²) in [5, 5.41) is 9.94. The first kappa shape index (κ1) is 14.6. The second kappa shape index (κ2) is 7.11. The minimum absolute atomic E-state index is 0.124. The molecule has 0 spiro atoms. The number of benzene rings is 1. The minimum atomic E-state index is -0.228. The average Bonchev–Trinajstić information content (AvgIpc) is 2.38. The molecule has 0 aromatic heterocycles. The van der Waals surface area contributed by atoms with Crippen LogP contribution in [0, 0.1) is 0 Å². The molecule has 0 atom stereocenters. The number of amides is 1. The number of rotatable bonds is 6. The van der Waals surface area contributed by atoms with E-state index in [1.807, 2.05) is 6.92 Å². The zero-order chi connectivity index (χ0) is 13.5. The molecule has 1 aromatic rings. The fourth-order valence-electron chi connectivity index (χ4n) is 1.72. The van der Waals surface area contributed by atoms with Gasteiger partial charge >= 0.3 is 0 Å². The van der Waals surface area contributed by atoms with Gasteiger partial charge in [0.1, 0.15) is 0 Å². The third kappa shape index (κ3) is 3.29. The normalized spacial score (nSPS) is 10.2. The molecule has 4 nitrogen and oxygen atoms in total. The van der Waals surface area contributed by atoms with Crippen LogP contribution in [0.2, 0.25) is 0 Å². The summed E-state index contributed by atoms with van der Waals surface area (Å²) >= 11 is 5.68. The maximum atomic E-state index is 12.3. The van der Waals surface area contributed by atoms with Crippen molar-refractivity contribution in [1.82, 2.24) is 4.90 Å². The Morgan fingerprint density at radius 3 is 2.72 bits per heavy atom. The third-order valence-corrected chi connectivity index (χ3v) is 2.75. The molecule has 100 valence electrons. The number of ether oxygens (including phenoxy) is 1. The van der Waals surface area contributed by atoms with Gasteiger partial charge in [-0.1, -0.05) is 13.0 Å². The highest BCUT2D eigenvalue weighted by Gasteiger charge is 2.19. The molecule has 0 aliphatic carbocycles. The van der Waals surface area contributed by atoms with Gasteiger partial charge in [0.15, 0.2) is 11.5 Å². The summed E-state index contributed by atoms with van der Waals surface area (Å²) in [5.74, 6) is 0.314. The topological polar surface area (TPSA) is 49.8 Å². The molecular weight excluding hydrogens is 254 g/mol. The van der Waals surface area contributed by atoms with Gasteiger partial charge in [0, 0.05) is 19.0 Å². The lowest BCUT2D eigenvalue weighted by atomic mass is 10.1. The number of carbonyl (C=O) groups excluding carboxylic acids is 1. The Morgan fingerprint density at radius 2 is 2.17 bits per heavy atom. The fourth-order valence-corrected chi connectivity index (χ4v) is 1.92. The average molecular weight is 272 g/mol. The van der Waals surface area contributed by atoms with Gasteiger partial charge in [-0.15, -0.1) is 11.6 Å². The SMILES string of the molecule is CCCN(CCCl)C(=O)c1cccc(OC)c1O. The molecule has 0 fully saturated rings. The highest BCUT2D eigenvalue weighted by molar-refractivity contribution is 6.18. The lowest BCUT2D eigenvalue weighted by molar-refractivity contribution is 0.0762. The van der Waals surface area contributed by atoms with Crippen LogP contribution < -0.4 is 4.74 Å². The summed E-state index contributed by atoms with van der Waals surface area (Å²) in [5.41, 5.74) is 0.243. The van der Waals surface area contributed by atoms with Crippen molar-refractivity contribution in [3.05, 3.63) is 23.8 Å². The predicted octanol–water partition coefficient (Wildman–Crippen LogP) is 2.49. The van der Waals surface area contributed by atoms with Gasteiger partial charge in [-0.05, 0) is 18.6 Å². The summed E-state index contributed by atoms with van der Waals surface area (Å²) in [4.78, 5) is 13.9. The van der Waals surface area contributed by atoms with E-state index in [1.54, 1.807) is 23.1 Å². The summed E-state index contributed by atoms with van der Waals surface area (Å²) in [6.45, 7) is 3.06. The number of phenolic OH excluding ortho intramolecular Hbond substituents is 1. The Labute approximate surface area is 112 Å². The molecular formula is C13H18ClNO3. The Bertz CT molecular complexity index is 403. The van der Waals surface area contributed by atoms with E-state index in [2.05, 4.69) is 0 Å². The van der Waals surface area contributed by atoms with Crippen LogP contribution in [0.3, 0.4) is 0 Å². The van der Waals surface area contributed by atoms with Crippen molar-refractivity contribution in [2.75, 3.05) is 26.1 Å². The van der Waals surface area contributed by atoms with E-state index in [9.17, 15) is 9.90 Å². The highest BCUT2D eigenvalue weighted by Crippen LogP contribution is 2.30. The van der Waals surface area contributed by atoms with Crippen LogP contribution in [0.4, 0.5) is 0 Å². The number of methoxy groups -OCH3 is 1. The van der Waals surface area contributed by atoms with Crippen LogP contribution in [0.25, 0.3) is 0 Å². The number of hydrogen-bond acceptors (Lipinski definition) is 3. The molecule has 18 heavy (non-hydrogen) atoms. The molecule has 0 radical (unpaired) electrons. The number of para-hydroxylation sites is 1. The quantitative estimate of drug-likeness (QED) is 0.809. The fraction of sp³-hybridized carbons (Fsp3) is 0.462. The summed E-state index contributed by atoms with van der Waals surface area (Å²) < 4.78 is 4.99. The molecule has 0 heterocycles. The van der Waals surface area contributed by atoms with E-state index in [0.717, 1.165) is 6.42 Å². The van der Waals surface area contributed by atoms with Gasteiger partial charge in [0.2, 0.25) is 0 Å². The Balaban J connectivity index is 3.00. The number of phenols is 1. The van der Waals surface area contributed by atoms with Gasteiger partial charge in [-0.2, -0.15) is 0 Å². The molecule has 0 unspecified atom stereocenters. The van der Waals surface area contributed by atoms with Crippen LogP contribution in [0.5, 0.6) is 11.5 Å². The minimum Gasteiger partial charge on any atom is -0.504 e. The summed E-state index contributed by atoms with van der Waals surface area (Å²) in [6.07, 6.45) is 0.841. The van der Waals surface area contributed by atoms with Crippen molar-refractivity contribution in [2.45, 2.75) is 13.3 Å². The molecule has 0 aliphatic rings. The summed E-state index contributed by atoms with van der Waals surface area (Å²) in [7, 11) is 1.45. The monoisotopic (exact) mass is 271 g/mol. The molecule has 0 aliphatic heterocycles. The number of hydrogen-bond donors (Lipinski definition) is 1. The third-order valence-electron chi connectivity index (χ3n) is 2.58. The van der Waals surface area contributed by atoms with Gasteiger partial charge in [-0.25, -0.2) is 0 Å². The first-order chi connectivity index (χ1) is 8.65. The number of alkyl halides is 1. The summed E-state index contributed by atoms with van der Waals surface area (Å²) in [6, 6.07) is 4.87. The second-order valence-corrected chi connectivity index (χ2v) is 4.22. The molecule has 1 rings (SSSR count). The van der Waals surface area contributed by atoms with Crippen molar-refractivity contribution >= 4 is 17.5 Å². The zero-order valence-electron chi connectivity index (χ0n) is 10.6. The predicted molar refractivity (Wildman–Crippen MR) is 71.6 cm³/mol. The largest absolute Gasteiger partial charge is 0.504 e. The van der Waals surface area contributed by atoms with Crippen LogP contribution in [-0.4, -0.2) is 42.0 Å². The second-order valence-electron chi connectivity index (χ2n) is 3.84. The highest BCUT2D eigenvalue weighted by atomic mass is 35.5. The standard InChI is InChI=1S/C13H18ClNO3/c1-3-8-15(9-7-14)13(17)10-5-4-6-11(18-2)12(10)16/h4-6,16H,3,7-9H2,1-2H3. The lowest BCUT2D eigenvalue weighted by Crippen LogP contribution is -2.33. The number of aromatic hydroxyl groups is 1. The Hall–Kier alpha value is -1.42. The molecule has 0 bridgehead atoms. The van der Waals surface area contributed by atoms with Crippen LogP contribution in [-0.2, 0) is 0 Å². The van der Waals surface area contributed by atoms with E-state index in [-0.39, 0.29) is 17.2 Å². The van der Waals surface area contributed by atoms with E-state index < -0.39 is 0 Å². The molecule has 0 saturated heterocycles. The maximum absolute atomic E-state index is 12.3. The zero-order valence-corrected chi connectivity index (χ0v) is 11.4. The maximum Gasteiger partial charge on any atom is 0.257 e. The van der Waals surface area contributed by atoms with E-state index in [1.165, 1.54) is 7.11 Å². The van der Waals surface area contributed by atoms with E-state index in [0.29, 0.717) is 24.7 Å². The van der Waals surface area contributed by atoms with Crippen molar-refractivity contribution in [1.29, 1.82) is 0 Å². The van der Waals surface area contributed by atoms with E-state index >= 15 is 0 Å². The van der Waals surface area contributed by atoms with Crippen LogP contribution in [0.15, 0.2) is 18.2 Å². The lowest BCUT2D eigenvalue weighted by Gasteiger charge is -2.21. The number of halogens is 1. The van der Waals surface area contributed by atoms with Crippen molar-refractivity contribution in [3.63, 3.8) is 0 Å². The van der Waals surface area contributed by atoms with Gasteiger partial charge in [0.25, 0.3) is 5.91 Å². The van der Waals surface area contributed by atoms with Gasteiger partial charge in [-0.3, -0.25) is 4.79 Å². The Kier molecular flexibility index (Phi) is 5.78. The van der Waals surface area contributed by atoms with E-state index in [4.69, 9.17) is 16.3 Å². The van der Waals surface area contributed by atoms with Crippen LogP contribution in [0.1, 0.15) is 23.7 Å². The smallest absolute Gasteiger partial charge is 0.257 e. The molecule has 1 aromatic carbocycles. The molecule has 0 saturated carbocycles. The van der Waals surface area contributed by atoms with Crippen LogP contribution >= 0.6 is 11.6 Å². The molecule has 5 heteroatoms. The first-order valence-electron chi connectivity index (χ1n) is 5.86. The first-order valence-corrected chi connectivity index (χ1v) is 6.40. The number of nitrogens with zero attached hydrogens (tertiary/aromatic N) is 1. The van der Waals surface area contributed by atoms with Crippen molar-refractivity contribution in [3.8, 4) is 11.5 Å². The van der Waals surface area contributed by atoms with Crippen molar-refractivity contribution in [2.24, 2.45) is 0 Å². The van der Waals surface area contributed by atoms with Crippen molar-refractivity contribution < 1.29 is 14.6 Å². The van der Waals surface area contributed by atoms with Gasteiger partial charge < -0.3 is 14.7 Å². The molecule has 1 amide bonds. The van der Waals surface area contributed by atoms with Gasteiger partial charge in [0.05, 0.1) is 12.7 Å². The number of carbonyl (C=O) groups is 1. The Morgan fingerprint density at radius 1 is 1.44 bits per heavy atom. The molecule has 1 N–H and O–H groups in total.